The van der Waals surface area contributed by atoms with Gasteiger partial charge in [0.15, 0.2) is 5.75 Å². The third kappa shape index (κ3) is 1.79. The summed E-state index contributed by atoms with van der Waals surface area (Å²) >= 11 is 0. The van der Waals surface area contributed by atoms with Crippen molar-refractivity contribution in [3.8, 4) is 11.5 Å². The molecule has 0 aliphatic heterocycles. The van der Waals surface area contributed by atoms with Crippen molar-refractivity contribution in [1.82, 2.24) is 0 Å². The molecule has 14 heavy (non-hydrogen) atoms. The average molecular weight is 200 g/mol. The van der Waals surface area contributed by atoms with Gasteiger partial charge in [-0.05, 0) is 19.9 Å². The number of phenolic OH excluding ortho intramolecular Hbond substituents is 1. The molecule has 0 aromatic heterocycles. The molecule has 5 nitrogen and oxygen atoms in total. The van der Waals surface area contributed by atoms with Crippen molar-refractivity contribution < 1.29 is 25.4 Å². The van der Waals surface area contributed by atoms with Gasteiger partial charge < -0.3 is 9.99 Å². The number of rotatable bonds is 3. The van der Waals surface area contributed by atoms with Gasteiger partial charge >= 0.3 is 0 Å². The van der Waals surface area contributed by atoms with Gasteiger partial charge in [-0.15, -0.1) is 0 Å². The predicted octanol–water partition coefficient (Wildman–Crippen LogP) is 1.97. The van der Waals surface area contributed by atoms with Crippen LogP contribution in [0.1, 0.15) is 19.4 Å². The minimum Gasteiger partial charge on any atom is -0.504 e. The summed E-state index contributed by atoms with van der Waals surface area (Å²) in [5.41, 5.74) is -0.737. The van der Waals surface area contributed by atoms with Crippen LogP contribution in [0.3, 0.4) is 0 Å². The van der Waals surface area contributed by atoms with Crippen molar-refractivity contribution in [3.63, 3.8) is 0 Å². The van der Waals surface area contributed by atoms with E-state index in [1.807, 2.05) is 0 Å². The highest BCUT2D eigenvalue weighted by molar-refractivity contribution is 5.47. The molecule has 0 fully saturated rings. The lowest BCUT2D eigenvalue weighted by Gasteiger charge is -2.22. The van der Waals surface area contributed by atoms with Gasteiger partial charge in [-0.2, -0.15) is 0 Å². The van der Waals surface area contributed by atoms with Crippen LogP contribution in [-0.4, -0.2) is 15.6 Å². The van der Waals surface area contributed by atoms with Crippen molar-refractivity contribution in [1.29, 1.82) is 0 Å². The van der Waals surface area contributed by atoms with E-state index in [1.54, 1.807) is 26.0 Å². The van der Waals surface area contributed by atoms with Gasteiger partial charge in [0.2, 0.25) is 5.75 Å². The van der Waals surface area contributed by atoms with Crippen LogP contribution >= 0.6 is 0 Å². The molecule has 0 bridgehead atoms. The van der Waals surface area contributed by atoms with Crippen LogP contribution in [0, 0.1) is 0 Å². The lowest BCUT2D eigenvalue weighted by Crippen LogP contribution is -2.20. The minimum absolute atomic E-state index is 0.133. The van der Waals surface area contributed by atoms with Gasteiger partial charge in [0, 0.05) is 5.56 Å². The highest BCUT2D eigenvalue weighted by Crippen LogP contribution is 2.37. The van der Waals surface area contributed by atoms with Crippen molar-refractivity contribution in [2.24, 2.45) is 0 Å². The van der Waals surface area contributed by atoms with Crippen LogP contribution in [0.25, 0.3) is 0 Å². The van der Waals surface area contributed by atoms with E-state index < -0.39 is 5.60 Å². The van der Waals surface area contributed by atoms with Crippen molar-refractivity contribution >= 4 is 0 Å². The molecule has 1 aromatic carbocycles. The second-order valence-electron chi connectivity index (χ2n) is 3.35. The molecule has 0 aliphatic rings. The molecule has 1 aromatic rings. The summed E-state index contributed by atoms with van der Waals surface area (Å²) in [6.45, 7) is 3.12. The molecule has 3 N–H and O–H groups in total. The summed E-state index contributed by atoms with van der Waals surface area (Å²) in [4.78, 5) is 8.24. The van der Waals surface area contributed by atoms with Crippen molar-refractivity contribution in [2.45, 2.75) is 19.4 Å². The number of para-hydroxylation sites is 1. The standard InChI is InChI=1S/C9H12O5/c1-9(2,14-12)6-4-3-5-7(10)8(6)13-11/h3-5,10-12H,1-2H3. The zero-order valence-corrected chi connectivity index (χ0v) is 7.89. The van der Waals surface area contributed by atoms with Crippen LogP contribution in [0.2, 0.25) is 0 Å². The molecule has 0 aliphatic carbocycles. The molecule has 0 radical (unpaired) electrons. The fourth-order valence-corrected chi connectivity index (χ4v) is 1.14. The van der Waals surface area contributed by atoms with Crippen LogP contribution in [0.5, 0.6) is 11.5 Å². The Morgan fingerprint density at radius 1 is 1.21 bits per heavy atom. The molecule has 0 amide bonds. The quantitative estimate of drug-likeness (QED) is 0.513. The summed E-state index contributed by atoms with van der Waals surface area (Å²) in [5.74, 6) is -0.360. The van der Waals surface area contributed by atoms with Gasteiger partial charge in [-0.1, -0.05) is 12.1 Å². The Kier molecular flexibility index (Phi) is 2.95. The van der Waals surface area contributed by atoms with E-state index in [4.69, 9.17) is 10.5 Å². The van der Waals surface area contributed by atoms with Gasteiger partial charge in [0.05, 0.1) is 0 Å². The lowest BCUT2D eigenvalue weighted by molar-refractivity contribution is -0.319. The first-order valence-corrected chi connectivity index (χ1v) is 3.99. The lowest BCUT2D eigenvalue weighted by atomic mass is 9.97. The zero-order chi connectivity index (χ0) is 10.8. The SMILES string of the molecule is CC(C)(OO)c1cccc(O)c1OO. The largest absolute Gasteiger partial charge is 0.504 e. The molecule has 5 heteroatoms. The summed E-state index contributed by atoms with van der Waals surface area (Å²) < 4.78 is 0. The number of hydrogen-bond acceptors (Lipinski definition) is 5. The van der Waals surface area contributed by atoms with Gasteiger partial charge in [0.25, 0.3) is 0 Å². The van der Waals surface area contributed by atoms with Crippen LogP contribution in [0.4, 0.5) is 0 Å². The Morgan fingerprint density at radius 3 is 2.36 bits per heavy atom. The topological polar surface area (TPSA) is 79.2 Å². The van der Waals surface area contributed by atoms with Crippen LogP contribution in [0.15, 0.2) is 18.2 Å². The van der Waals surface area contributed by atoms with E-state index >= 15 is 0 Å². The summed E-state index contributed by atoms with van der Waals surface area (Å²) in [7, 11) is 0. The molecule has 0 saturated carbocycles. The Morgan fingerprint density at radius 2 is 1.86 bits per heavy atom. The monoisotopic (exact) mass is 200 g/mol. The Hall–Kier alpha value is -1.30. The number of aromatic hydroxyl groups is 1. The average Bonchev–Trinajstić information content (AvgIpc) is 2.17. The zero-order valence-electron chi connectivity index (χ0n) is 7.89. The predicted molar refractivity (Wildman–Crippen MR) is 48.1 cm³/mol. The molecule has 0 atom stereocenters. The highest BCUT2D eigenvalue weighted by Gasteiger charge is 2.27. The molecule has 1 rings (SSSR count). The van der Waals surface area contributed by atoms with Crippen LogP contribution in [-0.2, 0) is 10.5 Å². The van der Waals surface area contributed by atoms with E-state index in [0.717, 1.165) is 0 Å². The molecule has 0 heterocycles. The number of hydrogen-bond donors (Lipinski definition) is 3. The maximum absolute atomic E-state index is 9.33. The Balaban J connectivity index is 3.27. The minimum atomic E-state index is -1.07. The third-order valence-electron chi connectivity index (χ3n) is 1.96. The van der Waals surface area contributed by atoms with E-state index in [2.05, 4.69) is 9.78 Å². The van der Waals surface area contributed by atoms with Crippen molar-refractivity contribution in [3.05, 3.63) is 23.8 Å². The second-order valence-corrected chi connectivity index (χ2v) is 3.35. The van der Waals surface area contributed by atoms with Gasteiger partial charge in [-0.3, -0.25) is 5.26 Å². The van der Waals surface area contributed by atoms with E-state index in [0.29, 0.717) is 5.56 Å². The number of phenols is 1. The smallest absolute Gasteiger partial charge is 0.212 e. The van der Waals surface area contributed by atoms with E-state index in [-0.39, 0.29) is 11.5 Å². The number of benzene rings is 1. The summed E-state index contributed by atoms with van der Waals surface area (Å²) in [6.07, 6.45) is 0. The first-order valence-electron chi connectivity index (χ1n) is 3.99. The maximum Gasteiger partial charge on any atom is 0.212 e. The maximum atomic E-state index is 9.33. The highest BCUT2D eigenvalue weighted by atomic mass is 17.1. The summed E-state index contributed by atoms with van der Waals surface area (Å²) in [5, 5.41) is 26.5. The van der Waals surface area contributed by atoms with E-state index in [1.165, 1.54) is 6.07 Å². The Labute approximate surface area is 81.0 Å². The molecular weight excluding hydrogens is 188 g/mol. The fourth-order valence-electron chi connectivity index (χ4n) is 1.14. The molecule has 78 valence electrons. The molecule has 0 saturated heterocycles. The Bertz CT molecular complexity index is 321. The van der Waals surface area contributed by atoms with Gasteiger partial charge in [-0.25, -0.2) is 10.1 Å². The van der Waals surface area contributed by atoms with E-state index in [9.17, 15) is 5.11 Å². The second kappa shape index (κ2) is 3.83. The molecule has 0 unspecified atom stereocenters. The van der Waals surface area contributed by atoms with Gasteiger partial charge in [0.1, 0.15) is 5.60 Å². The normalized spacial score (nSPS) is 11.4. The summed E-state index contributed by atoms with van der Waals surface area (Å²) in [6, 6.07) is 4.46. The van der Waals surface area contributed by atoms with Crippen molar-refractivity contribution in [2.75, 3.05) is 0 Å². The first-order chi connectivity index (χ1) is 6.53. The molecule has 0 spiro atoms. The third-order valence-corrected chi connectivity index (χ3v) is 1.96. The van der Waals surface area contributed by atoms with Crippen LogP contribution < -0.4 is 4.89 Å². The first kappa shape index (κ1) is 10.8. The fraction of sp³-hybridized carbons (Fsp3) is 0.333. The molecular formula is C9H12O5.